The summed E-state index contributed by atoms with van der Waals surface area (Å²) in [5.41, 5.74) is -0.642. The molecule has 6 nitrogen and oxygen atoms in total. The number of carbonyl (C=O) groups is 2. The van der Waals surface area contributed by atoms with E-state index in [9.17, 15) is 14.7 Å². The maximum Gasteiger partial charge on any atom is 0.410 e. The van der Waals surface area contributed by atoms with Crippen LogP contribution in [0, 0.1) is 0 Å². The van der Waals surface area contributed by atoms with Crippen molar-refractivity contribution < 1.29 is 19.4 Å². The van der Waals surface area contributed by atoms with E-state index in [4.69, 9.17) is 4.74 Å². The van der Waals surface area contributed by atoms with Crippen molar-refractivity contribution in [3.63, 3.8) is 0 Å². The van der Waals surface area contributed by atoms with Gasteiger partial charge in [-0.2, -0.15) is 0 Å². The zero-order valence-corrected chi connectivity index (χ0v) is 19.6. The van der Waals surface area contributed by atoms with Crippen molar-refractivity contribution in [2.24, 2.45) is 0 Å². The van der Waals surface area contributed by atoms with E-state index in [0.717, 1.165) is 17.7 Å². The summed E-state index contributed by atoms with van der Waals surface area (Å²) in [6.07, 6.45) is 14.6. The van der Waals surface area contributed by atoms with Gasteiger partial charge in [-0.15, -0.1) is 0 Å². The molecule has 0 rings (SSSR count). The second-order valence-corrected chi connectivity index (χ2v) is 8.97. The molecule has 0 bridgehead atoms. The van der Waals surface area contributed by atoms with E-state index in [1.54, 1.807) is 20.8 Å². The van der Waals surface area contributed by atoms with Crippen LogP contribution in [0.4, 0.5) is 4.79 Å². The fraction of sp³-hybridized carbons (Fsp3) is 0.913. The van der Waals surface area contributed by atoms with Gasteiger partial charge in [-0.25, -0.2) is 4.79 Å². The third-order valence-electron chi connectivity index (χ3n) is 4.95. The monoisotopic (exact) mass is 414 g/mol. The van der Waals surface area contributed by atoms with Crippen molar-refractivity contribution in [3.8, 4) is 0 Å². The summed E-state index contributed by atoms with van der Waals surface area (Å²) < 4.78 is 5.25. The zero-order valence-electron chi connectivity index (χ0n) is 19.6. The number of carbonyl (C=O) groups excluding carboxylic acids is 2. The lowest BCUT2D eigenvalue weighted by Gasteiger charge is -2.29. The Bertz CT molecular complexity index is 435. The minimum atomic E-state index is -0.929. The Morgan fingerprint density at radius 2 is 1.34 bits per heavy atom. The van der Waals surface area contributed by atoms with Crippen molar-refractivity contribution in [2.45, 2.75) is 116 Å². The minimum absolute atomic E-state index is 0.344. The van der Waals surface area contributed by atoms with Crippen molar-refractivity contribution in [1.29, 1.82) is 0 Å². The number of likely N-dealkylation sites (N-methyl/N-ethyl adjacent to an activating group) is 1. The standard InChI is InChI=1S/C23H46N2O4/c1-6-7-8-9-10-11-12-13-14-15-16-17-18-24-21(27)20(19-26)25(5)22(28)29-23(2,3)4/h20,26H,6-19H2,1-5H3,(H,24,27)/t20-/m0/s1. The second kappa shape index (κ2) is 16.5. The molecule has 1 atom stereocenters. The number of nitrogens with one attached hydrogen (secondary N) is 1. The van der Waals surface area contributed by atoms with E-state index < -0.39 is 24.3 Å². The Morgan fingerprint density at radius 1 is 0.897 bits per heavy atom. The molecule has 29 heavy (non-hydrogen) atoms. The smallest absolute Gasteiger partial charge is 0.410 e. The number of hydrogen-bond donors (Lipinski definition) is 2. The molecule has 0 saturated carbocycles. The van der Waals surface area contributed by atoms with Gasteiger partial charge in [0.15, 0.2) is 0 Å². The van der Waals surface area contributed by atoms with E-state index >= 15 is 0 Å². The molecule has 0 unspecified atom stereocenters. The lowest BCUT2D eigenvalue weighted by Crippen LogP contribution is -2.51. The van der Waals surface area contributed by atoms with Crippen LogP contribution in [0.3, 0.4) is 0 Å². The molecule has 0 aliphatic carbocycles. The van der Waals surface area contributed by atoms with E-state index in [-0.39, 0.29) is 5.91 Å². The molecule has 0 spiro atoms. The fourth-order valence-corrected chi connectivity index (χ4v) is 3.14. The molecule has 0 aliphatic heterocycles. The molecule has 0 saturated heterocycles. The van der Waals surface area contributed by atoms with Crippen LogP contribution in [-0.4, -0.2) is 53.8 Å². The average Bonchev–Trinajstić information content (AvgIpc) is 2.64. The van der Waals surface area contributed by atoms with Crippen molar-refractivity contribution >= 4 is 12.0 Å². The first-order valence-corrected chi connectivity index (χ1v) is 11.6. The summed E-state index contributed by atoms with van der Waals surface area (Å²) in [5.74, 6) is -0.344. The predicted octanol–water partition coefficient (Wildman–Crippen LogP) is 5.03. The van der Waals surface area contributed by atoms with Gasteiger partial charge in [0.05, 0.1) is 6.61 Å². The van der Waals surface area contributed by atoms with E-state index in [0.29, 0.717) is 6.54 Å². The third kappa shape index (κ3) is 15.2. The Kier molecular flexibility index (Phi) is 15.8. The largest absolute Gasteiger partial charge is 0.444 e. The highest BCUT2D eigenvalue weighted by Gasteiger charge is 2.29. The first-order valence-electron chi connectivity index (χ1n) is 11.6. The first-order chi connectivity index (χ1) is 13.7. The van der Waals surface area contributed by atoms with Crippen LogP contribution in [0.5, 0.6) is 0 Å². The summed E-state index contributed by atoms with van der Waals surface area (Å²) in [5, 5.41) is 12.3. The van der Waals surface area contributed by atoms with Gasteiger partial charge < -0.3 is 15.2 Å². The summed E-state index contributed by atoms with van der Waals surface area (Å²) in [4.78, 5) is 25.5. The fourth-order valence-electron chi connectivity index (χ4n) is 3.14. The molecule has 172 valence electrons. The molecule has 0 fully saturated rings. The van der Waals surface area contributed by atoms with Crippen molar-refractivity contribution in [1.82, 2.24) is 10.2 Å². The van der Waals surface area contributed by atoms with Gasteiger partial charge in [-0.1, -0.05) is 77.6 Å². The molecular weight excluding hydrogens is 368 g/mol. The Labute approximate surface area is 178 Å². The van der Waals surface area contributed by atoms with Crippen LogP contribution in [0.15, 0.2) is 0 Å². The molecule has 0 radical (unpaired) electrons. The highest BCUT2D eigenvalue weighted by molar-refractivity contribution is 5.85. The first kappa shape index (κ1) is 27.7. The summed E-state index contributed by atoms with van der Waals surface area (Å²) in [6, 6.07) is -0.929. The molecular formula is C23H46N2O4. The molecule has 6 heteroatoms. The number of unbranched alkanes of at least 4 members (excludes halogenated alkanes) is 11. The lowest BCUT2D eigenvalue weighted by atomic mass is 10.1. The van der Waals surface area contributed by atoms with Crippen molar-refractivity contribution in [2.75, 3.05) is 20.2 Å². The topological polar surface area (TPSA) is 78.9 Å². The molecule has 0 aromatic rings. The van der Waals surface area contributed by atoms with Crippen LogP contribution in [-0.2, 0) is 9.53 Å². The van der Waals surface area contributed by atoms with Gasteiger partial charge in [0.2, 0.25) is 5.91 Å². The maximum absolute atomic E-state index is 12.3. The number of hydrogen-bond acceptors (Lipinski definition) is 4. The van der Waals surface area contributed by atoms with E-state index in [1.807, 2.05) is 0 Å². The molecule has 0 aromatic carbocycles. The molecule has 0 aliphatic rings. The maximum atomic E-state index is 12.3. The molecule has 2 N–H and O–H groups in total. The van der Waals surface area contributed by atoms with E-state index in [1.165, 1.54) is 71.3 Å². The summed E-state index contributed by atoms with van der Waals surface area (Å²) in [7, 11) is 1.47. The SMILES string of the molecule is CCCCCCCCCCCCCCNC(=O)[C@H](CO)N(C)C(=O)OC(C)(C)C. The van der Waals surface area contributed by atoms with Gasteiger partial charge in [0.25, 0.3) is 0 Å². The highest BCUT2D eigenvalue weighted by Crippen LogP contribution is 2.12. The number of rotatable bonds is 16. The predicted molar refractivity (Wildman–Crippen MR) is 119 cm³/mol. The van der Waals surface area contributed by atoms with Crippen LogP contribution >= 0.6 is 0 Å². The minimum Gasteiger partial charge on any atom is -0.444 e. The second-order valence-electron chi connectivity index (χ2n) is 8.97. The van der Waals surface area contributed by atoms with Crippen LogP contribution in [0.2, 0.25) is 0 Å². The Balaban J connectivity index is 3.79. The van der Waals surface area contributed by atoms with Gasteiger partial charge >= 0.3 is 6.09 Å². The Hall–Kier alpha value is -1.30. The van der Waals surface area contributed by atoms with E-state index in [2.05, 4.69) is 12.2 Å². The van der Waals surface area contributed by atoms with Gasteiger partial charge in [-0.3, -0.25) is 9.69 Å². The molecule has 0 heterocycles. The molecule has 2 amide bonds. The third-order valence-corrected chi connectivity index (χ3v) is 4.95. The molecule has 0 aromatic heterocycles. The Morgan fingerprint density at radius 3 is 1.76 bits per heavy atom. The number of ether oxygens (including phenoxy) is 1. The zero-order chi connectivity index (χ0) is 22.1. The van der Waals surface area contributed by atoms with Gasteiger partial charge in [0, 0.05) is 13.6 Å². The normalized spacial score (nSPS) is 12.5. The van der Waals surface area contributed by atoms with Crippen LogP contribution < -0.4 is 5.32 Å². The quantitative estimate of drug-likeness (QED) is 0.347. The summed E-state index contributed by atoms with van der Waals surface area (Å²) >= 11 is 0. The number of aliphatic hydroxyl groups is 1. The van der Waals surface area contributed by atoms with Crippen LogP contribution in [0.25, 0.3) is 0 Å². The number of nitrogens with zero attached hydrogens (tertiary/aromatic N) is 1. The van der Waals surface area contributed by atoms with Crippen molar-refractivity contribution in [3.05, 3.63) is 0 Å². The number of amides is 2. The van der Waals surface area contributed by atoms with Gasteiger partial charge in [-0.05, 0) is 27.2 Å². The number of aliphatic hydroxyl groups excluding tert-OH is 1. The van der Waals surface area contributed by atoms with Crippen LogP contribution in [0.1, 0.15) is 105 Å². The summed E-state index contributed by atoms with van der Waals surface area (Å²) in [6.45, 7) is 7.68. The lowest BCUT2D eigenvalue weighted by molar-refractivity contribution is -0.127. The van der Waals surface area contributed by atoms with Gasteiger partial charge in [0.1, 0.15) is 11.6 Å². The average molecular weight is 415 g/mol. The highest BCUT2D eigenvalue weighted by atomic mass is 16.6.